The molecule has 0 heterocycles. The van der Waals surface area contributed by atoms with Crippen LogP contribution in [-0.2, 0) is 0 Å². The van der Waals surface area contributed by atoms with E-state index < -0.39 is 0 Å². The lowest BCUT2D eigenvalue weighted by molar-refractivity contribution is 0.180. The summed E-state index contributed by atoms with van der Waals surface area (Å²) in [6.07, 6.45) is -0.248. The minimum Gasteiger partial charge on any atom is -0.497 e. The summed E-state index contributed by atoms with van der Waals surface area (Å²) in [5.74, 6) is 1.53. The molecule has 2 rings (SSSR count). The Morgan fingerprint density at radius 3 is 2.25 bits per heavy atom. The van der Waals surface area contributed by atoms with Crippen molar-refractivity contribution in [1.82, 2.24) is 0 Å². The fourth-order valence-electron chi connectivity index (χ4n) is 1.96. The molecule has 2 atom stereocenters. The minimum atomic E-state index is -0.248. The van der Waals surface area contributed by atoms with Gasteiger partial charge in [0.15, 0.2) is 0 Å². The van der Waals surface area contributed by atoms with Gasteiger partial charge in [0.2, 0.25) is 0 Å². The number of nitrogens with two attached hydrogens (primary N) is 1. The van der Waals surface area contributed by atoms with E-state index in [0.29, 0.717) is 5.02 Å². The Hall–Kier alpha value is -1.71. The van der Waals surface area contributed by atoms with Crippen LogP contribution >= 0.6 is 11.6 Å². The zero-order chi connectivity index (χ0) is 14.5. The highest BCUT2D eigenvalue weighted by Gasteiger charge is 2.18. The molecule has 0 bridgehead atoms. The largest absolute Gasteiger partial charge is 0.497 e. The summed E-state index contributed by atoms with van der Waals surface area (Å²) in [6.45, 7) is 1.91. The van der Waals surface area contributed by atoms with E-state index in [1.54, 1.807) is 7.11 Å². The number of ether oxygens (including phenoxy) is 2. The van der Waals surface area contributed by atoms with Gasteiger partial charge in [0.1, 0.15) is 17.6 Å². The van der Waals surface area contributed by atoms with Gasteiger partial charge in [-0.25, -0.2) is 0 Å². The highest BCUT2D eigenvalue weighted by molar-refractivity contribution is 6.30. The average molecular weight is 292 g/mol. The van der Waals surface area contributed by atoms with E-state index in [2.05, 4.69) is 0 Å². The molecule has 0 aliphatic rings. The van der Waals surface area contributed by atoms with Crippen molar-refractivity contribution in [2.45, 2.75) is 19.1 Å². The standard InChI is InChI=1S/C16H18ClNO2/c1-11(18)16(12-4-3-5-13(17)10-12)20-15-8-6-14(19-2)7-9-15/h3-11,16H,18H2,1-2H3. The van der Waals surface area contributed by atoms with Crippen molar-refractivity contribution in [3.63, 3.8) is 0 Å². The Morgan fingerprint density at radius 1 is 1.05 bits per heavy atom. The van der Waals surface area contributed by atoms with E-state index in [-0.39, 0.29) is 12.1 Å². The molecule has 20 heavy (non-hydrogen) atoms. The van der Waals surface area contributed by atoms with Crippen LogP contribution < -0.4 is 15.2 Å². The number of rotatable bonds is 5. The number of halogens is 1. The number of methoxy groups -OCH3 is 1. The molecule has 4 heteroatoms. The molecule has 0 aromatic heterocycles. The van der Waals surface area contributed by atoms with Crippen LogP contribution in [0.3, 0.4) is 0 Å². The average Bonchev–Trinajstić information content (AvgIpc) is 2.45. The highest BCUT2D eigenvalue weighted by Crippen LogP contribution is 2.27. The molecular formula is C16H18ClNO2. The zero-order valence-electron chi connectivity index (χ0n) is 11.5. The first-order chi connectivity index (χ1) is 9.60. The Bertz CT molecular complexity index is 555. The smallest absolute Gasteiger partial charge is 0.138 e. The topological polar surface area (TPSA) is 44.5 Å². The van der Waals surface area contributed by atoms with E-state index in [4.69, 9.17) is 26.8 Å². The van der Waals surface area contributed by atoms with E-state index in [0.717, 1.165) is 17.1 Å². The fourth-order valence-corrected chi connectivity index (χ4v) is 2.16. The molecule has 0 spiro atoms. The zero-order valence-corrected chi connectivity index (χ0v) is 12.3. The Morgan fingerprint density at radius 2 is 1.70 bits per heavy atom. The summed E-state index contributed by atoms with van der Waals surface area (Å²) in [7, 11) is 1.63. The van der Waals surface area contributed by atoms with Crippen LogP contribution in [0.15, 0.2) is 48.5 Å². The normalized spacial score (nSPS) is 13.6. The third-order valence-corrected chi connectivity index (χ3v) is 3.21. The third-order valence-electron chi connectivity index (χ3n) is 2.98. The van der Waals surface area contributed by atoms with Crippen LogP contribution in [0.25, 0.3) is 0 Å². The summed E-state index contributed by atoms with van der Waals surface area (Å²) >= 11 is 6.02. The van der Waals surface area contributed by atoms with Crippen LogP contribution in [0, 0.1) is 0 Å². The second-order valence-electron chi connectivity index (χ2n) is 4.63. The van der Waals surface area contributed by atoms with Crippen molar-refractivity contribution >= 4 is 11.6 Å². The number of benzene rings is 2. The summed E-state index contributed by atoms with van der Waals surface area (Å²) in [6, 6.07) is 14.8. The quantitative estimate of drug-likeness (QED) is 0.911. The molecule has 0 saturated heterocycles. The fraction of sp³-hybridized carbons (Fsp3) is 0.250. The lowest BCUT2D eigenvalue weighted by Crippen LogP contribution is -2.29. The van der Waals surface area contributed by atoms with Crippen LogP contribution in [0.2, 0.25) is 5.02 Å². The molecule has 0 radical (unpaired) electrons. The Kier molecular flexibility index (Phi) is 4.88. The predicted molar refractivity (Wildman–Crippen MR) is 81.5 cm³/mol. The molecule has 0 aliphatic heterocycles. The summed E-state index contributed by atoms with van der Waals surface area (Å²) in [4.78, 5) is 0. The molecule has 0 aliphatic carbocycles. The van der Waals surface area contributed by atoms with Gasteiger partial charge in [-0.2, -0.15) is 0 Å². The van der Waals surface area contributed by atoms with Crippen molar-refractivity contribution < 1.29 is 9.47 Å². The molecule has 0 fully saturated rings. The lowest BCUT2D eigenvalue weighted by atomic mass is 10.0. The summed E-state index contributed by atoms with van der Waals surface area (Å²) < 4.78 is 11.1. The van der Waals surface area contributed by atoms with E-state index in [1.165, 1.54) is 0 Å². The monoisotopic (exact) mass is 291 g/mol. The lowest BCUT2D eigenvalue weighted by Gasteiger charge is -2.23. The second-order valence-corrected chi connectivity index (χ2v) is 5.06. The van der Waals surface area contributed by atoms with Gasteiger partial charge in [-0.15, -0.1) is 0 Å². The molecule has 106 valence electrons. The van der Waals surface area contributed by atoms with Gasteiger partial charge in [-0.3, -0.25) is 0 Å². The van der Waals surface area contributed by atoms with Gasteiger partial charge < -0.3 is 15.2 Å². The Balaban J connectivity index is 2.21. The SMILES string of the molecule is COc1ccc(OC(c2cccc(Cl)c2)C(C)N)cc1. The van der Waals surface area contributed by atoms with Gasteiger partial charge in [0.05, 0.1) is 7.11 Å². The van der Waals surface area contributed by atoms with Gasteiger partial charge in [-0.05, 0) is 48.9 Å². The van der Waals surface area contributed by atoms with Crippen LogP contribution in [0.4, 0.5) is 0 Å². The summed E-state index contributed by atoms with van der Waals surface area (Å²) in [5.41, 5.74) is 6.99. The van der Waals surface area contributed by atoms with Gasteiger partial charge in [0.25, 0.3) is 0 Å². The highest BCUT2D eigenvalue weighted by atomic mass is 35.5. The van der Waals surface area contributed by atoms with E-state index >= 15 is 0 Å². The van der Waals surface area contributed by atoms with Gasteiger partial charge in [0, 0.05) is 11.1 Å². The number of hydrogen-bond acceptors (Lipinski definition) is 3. The molecule has 0 saturated carbocycles. The van der Waals surface area contributed by atoms with Crippen molar-refractivity contribution in [1.29, 1.82) is 0 Å². The molecule has 2 aromatic rings. The van der Waals surface area contributed by atoms with Crippen molar-refractivity contribution in [2.24, 2.45) is 5.73 Å². The minimum absolute atomic E-state index is 0.157. The predicted octanol–water partition coefficient (Wildman–Crippen LogP) is 3.82. The molecule has 3 nitrogen and oxygen atoms in total. The molecule has 0 amide bonds. The van der Waals surface area contributed by atoms with Crippen LogP contribution in [-0.4, -0.2) is 13.2 Å². The van der Waals surface area contributed by atoms with Crippen molar-refractivity contribution in [3.8, 4) is 11.5 Å². The molecule has 2 N–H and O–H groups in total. The van der Waals surface area contributed by atoms with Crippen LogP contribution in [0.1, 0.15) is 18.6 Å². The first-order valence-corrected chi connectivity index (χ1v) is 6.79. The first kappa shape index (κ1) is 14.7. The van der Waals surface area contributed by atoms with Crippen LogP contribution in [0.5, 0.6) is 11.5 Å². The van der Waals surface area contributed by atoms with Crippen molar-refractivity contribution in [3.05, 3.63) is 59.1 Å². The second kappa shape index (κ2) is 6.64. The van der Waals surface area contributed by atoms with Crippen molar-refractivity contribution in [2.75, 3.05) is 7.11 Å². The molecule has 2 unspecified atom stereocenters. The van der Waals surface area contributed by atoms with Gasteiger partial charge in [-0.1, -0.05) is 23.7 Å². The number of hydrogen-bond donors (Lipinski definition) is 1. The maximum Gasteiger partial charge on any atom is 0.138 e. The van der Waals surface area contributed by atoms with E-state index in [1.807, 2.05) is 55.5 Å². The Labute approximate surface area is 124 Å². The first-order valence-electron chi connectivity index (χ1n) is 6.42. The van der Waals surface area contributed by atoms with E-state index in [9.17, 15) is 0 Å². The van der Waals surface area contributed by atoms with Gasteiger partial charge >= 0.3 is 0 Å². The maximum atomic E-state index is 6.03. The third kappa shape index (κ3) is 3.65. The molecular weight excluding hydrogens is 274 g/mol. The summed E-state index contributed by atoms with van der Waals surface area (Å²) in [5, 5.41) is 0.673. The maximum absolute atomic E-state index is 6.03. The molecule has 2 aromatic carbocycles.